The van der Waals surface area contributed by atoms with Crippen molar-refractivity contribution in [3.05, 3.63) is 169 Å². The van der Waals surface area contributed by atoms with Gasteiger partial charge in [0.15, 0.2) is 0 Å². The first-order chi connectivity index (χ1) is 55.8. The van der Waals surface area contributed by atoms with Gasteiger partial charge in [0.2, 0.25) is 17.7 Å². The summed E-state index contributed by atoms with van der Waals surface area (Å²) in [6, 6.07) is 39.8. The Labute approximate surface area is 675 Å². The quantitative estimate of drug-likeness (QED) is 0.0370. The minimum Gasteiger partial charge on any atom is -0.453 e. The molecule has 5 saturated heterocycles. The molecule has 0 unspecified atom stereocenters. The van der Waals surface area contributed by atoms with Crippen molar-refractivity contribution in [3.8, 4) is 67.3 Å². The van der Waals surface area contributed by atoms with E-state index in [1.54, 1.807) is 4.90 Å². The van der Waals surface area contributed by atoms with Crippen LogP contribution in [0.1, 0.15) is 161 Å². The zero-order valence-corrected chi connectivity index (χ0v) is 67.8. The third-order valence-electron chi connectivity index (χ3n) is 23.3. The van der Waals surface area contributed by atoms with Crippen LogP contribution in [-0.2, 0) is 43.6 Å². The number of likely N-dealkylation sites (tertiary alicyclic amines) is 4. The minimum atomic E-state index is -0.706. The number of aromatic nitrogens is 8. The molecule has 116 heavy (non-hydrogen) atoms. The van der Waals surface area contributed by atoms with Crippen LogP contribution in [0.15, 0.2) is 146 Å². The molecule has 27 nitrogen and oxygen atoms in total. The van der Waals surface area contributed by atoms with E-state index in [1.807, 2.05) is 94.9 Å². The van der Waals surface area contributed by atoms with Crippen molar-refractivity contribution in [2.75, 3.05) is 60.7 Å². The van der Waals surface area contributed by atoms with Gasteiger partial charge >= 0.3 is 24.4 Å². The number of H-pyrrole nitrogens is 4. The molecule has 7 N–H and O–H groups in total. The Morgan fingerprint density at radius 3 is 1.25 bits per heavy atom. The van der Waals surface area contributed by atoms with E-state index in [0.29, 0.717) is 58.1 Å². The summed E-state index contributed by atoms with van der Waals surface area (Å²) < 4.78 is 25.6. The molecule has 0 radical (unpaired) electrons. The highest BCUT2D eigenvalue weighted by atomic mass is 16.6. The van der Waals surface area contributed by atoms with Gasteiger partial charge in [-0.15, -0.1) is 0 Å². The Kier molecular flexibility index (Phi) is 24.1. The van der Waals surface area contributed by atoms with E-state index in [-0.39, 0.29) is 59.7 Å². The van der Waals surface area contributed by atoms with E-state index in [4.69, 9.17) is 33.7 Å². The van der Waals surface area contributed by atoms with Crippen molar-refractivity contribution in [1.82, 2.24) is 75.4 Å². The first kappa shape index (κ1) is 80.7. The number of ether oxygens (including phenoxy) is 5. The molecule has 5 fully saturated rings. The van der Waals surface area contributed by atoms with Crippen molar-refractivity contribution < 1.29 is 57.2 Å². The Hall–Kier alpha value is -11.9. The molecule has 4 aromatic heterocycles. The van der Waals surface area contributed by atoms with E-state index in [1.165, 1.54) is 21.3 Å². The molecule has 6 aromatic carbocycles. The van der Waals surface area contributed by atoms with Gasteiger partial charge in [-0.3, -0.25) is 19.3 Å². The average molecular weight is 1580 g/mol. The van der Waals surface area contributed by atoms with Gasteiger partial charge in [0, 0.05) is 50.5 Å². The normalized spacial score (nSPS) is 19.2. The van der Waals surface area contributed by atoms with Gasteiger partial charge in [-0.2, -0.15) is 0 Å². The number of carbonyl (C=O) groups excluding carboxylic acids is 7. The topological polar surface area (TPSA) is 329 Å². The molecule has 0 saturated carbocycles. The number of benzene rings is 6. The van der Waals surface area contributed by atoms with Gasteiger partial charge in [0.1, 0.15) is 47.0 Å². The number of methoxy groups -OCH3 is 3. The smallest absolute Gasteiger partial charge is 0.410 e. The summed E-state index contributed by atoms with van der Waals surface area (Å²) in [6.45, 7) is 18.8. The van der Waals surface area contributed by atoms with E-state index in [9.17, 15) is 33.6 Å². The lowest BCUT2D eigenvalue weighted by molar-refractivity contribution is -0.140. The summed E-state index contributed by atoms with van der Waals surface area (Å²) in [5.74, 6) is 2.32. The lowest BCUT2D eigenvalue weighted by Gasteiger charge is -2.38. The number of aromatic amines is 4. The number of rotatable bonds is 19. The maximum atomic E-state index is 14.2. The third kappa shape index (κ3) is 17.5. The first-order valence-corrected chi connectivity index (χ1v) is 40.4. The molecule has 0 spiro atoms. The molecule has 7 amide bonds. The fraction of sp³-hybridized carbons (Fsp3) is 0.427. The molecule has 5 aliphatic rings. The Morgan fingerprint density at radius 2 is 0.819 bits per heavy atom. The van der Waals surface area contributed by atoms with Gasteiger partial charge in [0.25, 0.3) is 0 Å². The van der Waals surface area contributed by atoms with Crippen LogP contribution >= 0.6 is 0 Å². The fourth-order valence-electron chi connectivity index (χ4n) is 16.9. The SMILES string of the molecule is COC(=O)N[C@H](C(=O)N1CCC[C@H]1c1ncc(-c2ccc(-c3ccc4cc(-c5cnc([C@@H]6CCCN6C(=O)OC(C)(C)C)[nH]5)ccc4c3)cc2)[nH]1)C(C)C.COC(=O)N[C@H](C(=O)N1CCC[C@H]1c1ncc(-c2ccc(-c3ccc4cc(-c5cnc([C@]6(C)CCCN6C(=O)[C@@H](NC(=O)OC)C6CCOCC6)[nH]5)ccc4c3)cc2)[nH]1)C(C)C. The lowest BCUT2D eigenvalue weighted by Crippen LogP contribution is -2.56. The number of amides is 7. The number of carbonyl (C=O) groups is 7. The molecule has 27 heteroatoms. The van der Waals surface area contributed by atoms with Crippen molar-refractivity contribution in [3.63, 3.8) is 0 Å². The van der Waals surface area contributed by atoms with Crippen LogP contribution in [0.5, 0.6) is 0 Å². The minimum absolute atomic E-state index is 0.0427. The summed E-state index contributed by atoms with van der Waals surface area (Å²) >= 11 is 0. The van der Waals surface area contributed by atoms with Crippen LogP contribution in [0, 0.1) is 17.8 Å². The summed E-state index contributed by atoms with van der Waals surface area (Å²) in [7, 11) is 3.90. The van der Waals surface area contributed by atoms with Crippen molar-refractivity contribution in [2.45, 2.75) is 167 Å². The number of nitrogens with one attached hydrogen (secondary N) is 7. The van der Waals surface area contributed by atoms with E-state index in [2.05, 4.69) is 167 Å². The second-order valence-corrected chi connectivity index (χ2v) is 32.8. The number of imidazole rings is 4. The van der Waals surface area contributed by atoms with Crippen LogP contribution in [0.2, 0.25) is 0 Å². The van der Waals surface area contributed by atoms with Crippen LogP contribution in [0.4, 0.5) is 19.2 Å². The summed E-state index contributed by atoms with van der Waals surface area (Å²) in [4.78, 5) is 131. The van der Waals surface area contributed by atoms with Gasteiger partial charge in [-0.25, -0.2) is 39.1 Å². The highest BCUT2D eigenvalue weighted by molar-refractivity contribution is 5.93. The molecule has 10 aromatic rings. The molecule has 7 atom stereocenters. The molecule has 9 heterocycles. The van der Waals surface area contributed by atoms with E-state index >= 15 is 0 Å². The fourth-order valence-corrected chi connectivity index (χ4v) is 16.9. The predicted molar refractivity (Wildman–Crippen MR) is 441 cm³/mol. The zero-order chi connectivity index (χ0) is 81.7. The lowest BCUT2D eigenvalue weighted by atomic mass is 9.89. The highest BCUT2D eigenvalue weighted by Crippen LogP contribution is 2.42. The summed E-state index contributed by atoms with van der Waals surface area (Å²) in [5, 5.41) is 12.7. The van der Waals surface area contributed by atoms with E-state index < -0.39 is 47.5 Å². The summed E-state index contributed by atoms with van der Waals surface area (Å²) in [5.41, 5.74) is 10.7. The van der Waals surface area contributed by atoms with Crippen molar-refractivity contribution >= 4 is 63.6 Å². The van der Waals surface area contributed by atoms with Gasteiger partial charge in [-0.05, 0) is 189 Å². The first-order valence-electron chi connectivity index (χ1n) is 40.4. The van der Waals surface area contributed by atoms with Crippen molar-refractivity contribution in [2.24, 2.45) is 17.8 Å². The second-order valence-electron chi connectivity index (χ2n) is 32.8. The maximum Gasteiger partial charge on any atom is 0.410 e. The van der Waals surface area contributed by atoms with Crippen LogP contribution in [0.25, 0.3) is 88.8 Å². The zero-order valence-electron chi connectivity index (χ0n) is 67.8. The molecule has 0 bridgehead atoms. The van der Waals surface area contributed by atoms with Crippen LogP contribution in [-0.4, -0.2) is 186 Å². The number of alkyl carbamates (subject to hydrolysis) is 3. The third-order valence-corrected chi connectivity index (χ3v) is 23.3. The van der Waals surface area contributed by atoms with Gasteiger partial charge < -0.3 is 74.3 Å². The second kappa shape index (κ2) is 34.7. The van der Waals surface area contributed by atoms with Gasteiger partial charge in [-0.1, -0.05) is 125 Å². The van der Waals surface area contributed by atoms with E-state index in [0.717, 1.165) is 158 Å². The number of nitrogens with zero attached hydrogens (tertiary/aromatic N) is 8. The van der Waals surface area contributed by atoms with Crippen molar-refractivity contribution in [1.29, 1.82) is 0 Å². The molecule has 5 aliphatic heterocycles. The Bertz CT molecular complexity index is 5210. The highest BCUT2D eigenvalue weighted by Gasteiger charge is 2.48. The maximum absolute atomic E-state index is 14.2. The number of fused-ring (bicyclic) bond motifs is 2. The molecule has 0 aliphatic carbocycles. The number of hydrogen-bond donors (Lipinski definition) is 7. The summed E-state index contributed by atoms with van der Waals surface area (Å²) in [6.07, 6.45) is 13.1. The molecular weight excluding hydrogens is 1470 g/mol. The Balaban J connectivity index is 0.000000193. The largest absolute Gasteiger partial charge is 0.453 e. The molecule has 608 valence electrons. The average Bonchev–Trinajstić information content (AvgIpc) is 1.56. The Morgan fingerprint density at radius 1 is 0.448 bits per heavy atom. The monoisotopic (exact) mass is 1580 g/mol. The van der Waals surface area contributed by atoms with Gasteiger partial charge in [0.05, 0.1) is 92.6 Å². The molecule has 15 rings (SSSR count). The number of hydrogen-bond acceptors (Lipinski definition) is 16. The standard InChI is InChI=1S/C47H56N8O7.C42H49N7O5/c1-28(2)39(52-45(58)60-4)42(56)54-20-6-8-38(54)41-48-26-36(50-41)30-11-9-29(10-12-30)32-13-14-34-25-35(16-15-33(34)24-32)37-27-49-44(51-37)47(3)19-7-21-55(47)43(57)40(53-46(59)61-5)31-17-22-62-23-18-31;1-25(2)36(47-40(51)53-6)39(50)48-19-7-9-34(48)37-43-23-32(45-37)27-13-11-26(12-14-27)28-15-16-30-22-31(18-17-29(30)21-28)33-24-44-38(46-33)35-10-8-20-49(35)41(52)54-42(3,4)5/h9-16,24-28,31,38-40H,6-8,17-23H2,1-5H3,(H,48,50)(H,49,51)(H,52,58)(H,53,59);11-18,21-25,34-36H,7-10,19-20H2,1-6H3,(H,43,45)(H,44,46)(H,47,51)/t38-,39-,40-,47-;34-,35-,36-/m00/s1. The molecular formula is C89H105N15O12. The van der Waals surface area contributed by atoms with Crippen LogP contribution in [0.3, 0.4) is 0 Å². The van der Waals surface area contributed by atoms with Crippen LogP contribution < -0.4 is 16.0 Å². The predicted octanol–water partition coefficient (Wildman–Crippen LogP) is 15.7.